The number of hydrogen-bond acceptors (Lipinski definition) is 6. The van der Waals surface area contributed by atoms with E-state index in [1.165, 1.54) is 12.5 Å². The largest absolute Gasteiger partial charge is 0.378 e. The number of hydrogen-bond donors (Lipinski definition) is 0. The lowest BCUT2D eigenvalue weighted by Gasteiger charge is -2.29. The number of fused-ring (bicyclic) bond motifs is 1. The molecule has 3 heterocycles. The van der Waals surface area contributed by atoms with Crippen LogP contribution in [0, 0.1) is 5.82 Å². The zero-order chi connectivity index (χ0) is 20.7. The molecular weight excluding hydrogens is 387 g/mol. The van der Waals surface area contributed by atoms with Gasteiger partial charge in [0.25, 0.3) is 0 Å². The van der Waals surface area contributed by atoms with E-state index in [-0.39, 0.29) is 17.2 Å². The van der Waals surface area contributed by atoms with E-state index >= 15 is 0 Å². The molecule has 0 atom stereocenters. The fraction of sp³-hybridized carbons (Fsp3) is 0.500. The van der Waals surface area contributed by atoms with Crippen molar-refractivity contribution in [1.29, 1.82) is 0 Å². The van der Waals surface area contributed by atoms with E-state index in [9.17, 15) is 9.18 Å². The third-order valence-corrected chi connectivity index (χ3v) is 6.25. The predicted molar refractivity (Wildman–Crippen MR) is 111 cm³/mol. The van der Waals surface area contributed by atoms with Crippen LogP contribution in [0.15, 0.2) is 27.6 Å². The highest BCUT2D eigenvalue weighted by molar-refractivity contribution is 5.86. The quantitative estimate of drug-likeness (QED) is 0.654. The Morgan fingerprint density at radius 1 is 1.13 bits per heavy atom. The van der Waals surface area contributed by atoms with Gasteiger partial charge >= 0.3 is 0 Å². The number of benzene rings is 1. The summed E-state index contributed by atoms with van der Waals surface area (Å²) in [5.74, 6) is 0.726. The third-order valence-electron chi connectivity index (χ3n) is 6.25. The standard InChI is InChI=1S/C22H25FN4O3/c1-26-13-16(21-24-22(30-25-21)14-5-3-2-4-6-14)20(28)15-11-17(23)19(12-18(15)26)27-7-9-29-10-8-27/h11-14H,2-10H2,1H3. The van der Waals surface area contributed by atoms with Gasteiger partial charge in [-0.3, -0.25) is 4.79 Å². The van der Waals surface area contributed by atoms with Gasteiger partial charge in [-0.05, 0) is 25.0 Å². The maximum Gasteiger partial charge on any atom is 0.230 e. The molecular formula is C22H25FN4O3. The molecule has 2 aromatic heterocycles. The van der Waals surface area contributed by atoms with Crippen molar-refractivity contribution in [2.45, 2.75) is 38.0 Å². The van der Waals surface area contributed by atoms with Crippen LogP contribution in [-0.4, -0.2) is 41.0 Å². The number of nitrogens with zero attached hydrogens (tertiary/aromatic N) is 4. The Kier molecular flexibility index (Phi) is 5.02. The summed E-state index contributed by atoms with van der Waals surface area (Å²) in [7, 11) is 1.84. The van der Waals surface area contributed by atoms with Gasteiger partial charge in [-0.2, -0.15) is 4.98 Å². The van der Waals surface area contributed by atoms with Gasteiger partial charge in [0, 0.05) is 37.6 Å². The van der Waals surface area contributed by atoms with Gasteiger partial charge in [-0.15, -0.1) is 0 Å². The van der Waals surface area contributed by atoms with Crippen LogP contribution < -0.4 is 10.3 Å². The third kappa shape index (κ3) is 3.39. The molecule has 1 aliphatic heterocycles. The van der Waals surface area contributed by atoms with Gasteiger partial charge in [0.15, 0.2) is 0 Å². The number of anilines is 1. The zero-order valence-electron chi connectivity index (χ0n) is 17.1. The van der Waals surface area contributed by atoms with Crippen LogP contribution in [0.4, 0.5) is 10.1 Å². The molecule has 7 nitrogen and oxygen atoms in total. The second kappa shape index (κ2) is 7.83. The van der Waals surface area contributed by atoms with E-state index in [1.807, 2.05) is 16.5 Å². The van der Waals surface area contributed by atoms with Crippen molar-refractivity contribution in [3.05, 3.63) is 40.3 Å². The average Bonchev–Trinajstić information content (AvgIpc) is 3.27. The summed E-state index contributed by atoms with van der Waals surface area (Å²) in [5.41, 5.74) is 1.20. The summed E-state index contributed by atoms with van der Waals surface area (Å²) >= 11 is 0. The smallest absolute Gasteiger partial charge is 0.230 e. The molecule has 1 aromatic carbocycles. The minimum Gasteiger partial charge on any atom is -0.378 e. The Morgan fingerprint density at radius 2 is 1.90 bits per heavy atom. The molecule has 1 aliphatic carbocycles. The van der Waals surface area contributed by atoms with Crippen molar-refractivity contribution in [2.75, 3.05) is 31.2 Å². The van der Waals surface area contributed by atoms with E-state index in [1.54, 1.807) is 12.3 Å². The van der Waals surface area contributed by atoms with Gasteiger partial charge in [-0.25, -0.2) is 4.39 Å². The highest BCUT2D eigenvalue weighted by atomic mass is 19.1. The van der Waals surface area contributed by atoms with Crippen LogP contribution in [0.3, 0.4) is 0 Å². The van der Waals surface area contributed by atoms with Crippen molar-refractivity contribution < 1.29 is 13.7 Å². The first-order valence-corrected chi connectivity index (χ1v) is 10.6. The fourth-order valence-electron chi connectivity index (χ4n) is 4.56. The minimum absolute atomic E-state index is 0.262. The molecule has 0 amide bonds. The number of halogens is 1. The lowest BCUT2D eigenvalue weighted by atomic mass is 9.89. The van der Waals surface area contributed by atoms with Crippen LogP contribution in [0.5, 0.6) is 0 Å². The molecule has 0 N–H and O–H groups in total. The molecule has 1 saturated carbocycles. The van der Waals surface area contributed by atoms with E-state index in [0.29, 0.717) is 54.3 Å². The van der Waals surface area contributed by atoms with E-state index in [0.717, 1.165) is 25.7 Å². The van der Waals surface area contributed by atoms with Crippen molar-refractivity contribution in [1.82, 2.24) is 14.7 Å². The minimum atomic E-state index is -0.408. The Hall–Kier alpha value is -2.74. The van der Waals surface area contributed by atoms with Crippen LogP contribution >= 0.6 is 0 Å². The number of aromatic nitrogens is 3. The number of aryl methyl sites for hydroxylation is 1. The molecule has 2 fully saturated rings. The van der Waals surface area contributed by atoms with Gasteiger partial charge in [0.05, 0.1) is 30.0 Å². The molecule has 5 rings (SSSR count). The highest BCUT2D eigenvalue weighted by Crippen LogP contribution is 2.32. The maximum absolute atomic E-state index is 14.9. The molecule has 0 bridgehead atoms. The van der Waals surface area contributed by atoms with Crippen molar-refractivity contribution in [3.8, 4) is 11.4 Å². The Labute approximate surface area is 173 Å². The number of pyridine rings is 1. The van der Waals surface area contributed by atoms with Crippen molar-refractivity contribution >= 4 is 16.6 Å². The van der Waals surface area contributed by atoms with Crippen molar-refractivity contribution in [3.63, 3.8) is 0 Å². The Balaban J connectivity index is 1.55. The maximum atomic E-state index is 14.9. The molecule has 0 radical (unpaired) electrons. The van der Waals surface area contributed by atoms with Crippen LogP contribution in [0.25, 0.3) is 22.3 Å². The molecule has 158 valence electrons. The average molecular weight is 412 g/mol. The number of ether oxygens (including phenoxy) is 1. The van der Waals surface area contributed by atoms with Gasteiger partial charge in [0.1, 0.15) is 5.82 Å². The van der Waals surface area contributed by atoms with Gasteiger partial charge in [0.2, 0.25) is 17.1 Å². The summed E-state index contributed by atoms with van der Waals surface area (Å²) in [4.78, 5) is 19.6. The first-order chi connectivity index (χ1) is 14.6. The zero-order valence-corrected chi connectivity index (χ0v) is 17.1. The van der Waals surface area contributed by atoms with E-state index in [2.05, 4.69) is 10.1 Å². The monoisotopic (exact) mass is 412 g/mol. The van der Waals surface area contributed by atoms with Crippen LogP contribution in [0.2, 0.25) is 0 Å². The summed E-state index contributed by atoms with van der Waals surface area (Å²) in [5, 5.41) is 4.38. The molecule has 30 heavy (non-hydrogen) atoms. The van der Waals surface area contributed by atoms with E-state index < -0.39 is 5.82 Å². The Morgan fingerprint density at radius 3 is 2.67 bits per heavy atom. The fourth-order valence-corrected chi connectivity index (χ4v) is 4.56. The Bertz CT molecular complexity index is 1130. The highest BCUT2D eigenvalue weighted by Gasteiger charge is 2.24. The SMILES string of the molecule is Cn1cc(-c2noc(C3CCCCC3)n2)c(=O)c2cc(F)c(N3CCOCC3)cc21. The molecule has 8 heteroatoms. The summed E-state index contributed by atoms with van der Waals surface area (Å²) < 4.78 is 27.6. The second-order valence-corrected chi connectivity index (χ2v) is 8.19. The van der Waals surface area contributed by atoms with E-state index in [4.69, 9.17) is 9.26 Å². The topological polar surface area (TPSA) is 73.4 Å². The molecule has 1 saturated heterocycles. The second-order valence-electron chi connectivity index (χ2n) is 8.19. The van der Waals surface area contributed by atoms with Crippen LogP contribution in [0.1, 0.15) is 43.9 Å². The summed E-state index contributed by atoms with van der Waals surface area (Å²) in [6, 6.07) is 3.07. The lowest BCUT2D eigenvalue weighted by molar-refractivity contribution is 0.122. The number of morpholine rings is 1. The van der Waals surface area contributed by atoms with Gasteiger partial charge in [-0.1, -0.05) is 24.4 Å². The first-order valence-electron chi connectivity index (χ1n) is 10.6. The molecule has 2 aliphatic rings. The summed E-state index contributed by atoms with van der Waals surface area (Å²) in [6.45, 7) is 2.38. The predicted octanol–water partition coefficient (Wildman–Crippen LogP) is 3.61. The normalized spacial score (nSPS) is 18.3. The summed E-state index contributed by atoms with van der Waals surface area (Å²) in [6.07, 6.45) is 7.33. The first kappa shape index (κ1) is 19.2. The molecule has 3 aromatic rings. The van der Waals surface area contributed by atoms with Gasteiger partial charge < -0.3 is 18.7 Å². The molecule has 0 unspecified atom stereocenters. The number of rotatable bonds is 3. The lowest BCUT2D eigenvalue weighted by Crippen LogP contribution is -2.36. The van der Waals surface area contributed by atoms with Crippen molar-refractivity contribution in [2.24, 2.45) is 7.05 Å². The molecule has 0 spiro atoms. The van der Waals surface area contributed by atoms with Crippen LogP contribution in [-0.2, 0) is 11.8 Å².